The molecule has 152 valence electrons. The number of pyridine rings is 2. The van der Waals surface area contributed by atoms with Gasteiger partial charge in [0.1, 0.15) is 5.69 Å². The zero-order valence-corrected chi connectivity index (χ0v) is 16.7. The van der Waals surface area contributed by atoms with E-state index in [1.165, 1.54) is 0 Å². The molecule has 29 heavy (non-hydrogen) atoms. The van der Waals surface area contributed by atoms with Crippen molar-refractivity contribution in [2.75, 3.05) is 50.5 Å². The molecule has 1 saturated heterocycles. The van der Waals surface area contributed by atoms with Crippen LogP contribution >= 0.6 is 0 Å². The summed E-state index contributed by atoms with van der Waals surface area (Å²) in [7, 11) is 3.36. The van der Waals surface area contributed by atoms with Crippen LogP contribution in [0.2, 0.25) is 0 Å². The number of hydrogen-bond acceptors (Lipinski definition) is 6. The minimum Gasteiger partial charge on any atom is -0.368 e. The van der Waals surface area contributed by atoms with Gasteiger partial charge in [0.25, 0.3) is 5.91 Å². The zero-order chi connectivity index (χ0) is 20.4. The third kappa shape index (κ3) is 4.14. The number of carbonyl (C=O) groups excluding carboxylic acids is 2. The fourth-order valence-electron chi connectivity index (χ4n) is 3.62. The second-order valence-corrected chi connectivity index (χ2v) is 7.37. The van der Waals surface area contributed by atoms with Gasteiger partial charge in [-0.15, -0.1) is 0 Å². The average molecular weight is 395 g/mol. The molecular weight excluding hydrogens is 370 g/mol. The molecule has 0 bridgehead atoms. The molecule has 2 aliphatic heterocycles. The molecule has 1 fully saturated rings. The highest BCUT2D eigenvalue weighted by atomic mass is 16.2. The van der Waals surface area contributed by atoms with Gasteiger partial charge in [-0.2, -0.15) is 0 Å². The van der Waals surface area contributed by atoms with Crippen LogP contribution in [0.1, 0.15) is 21.7 Å². The first kappa shape index (κ1) is 19.1. The van der Waals surface area contributed by atoms with Crippen molar-refractivity contribution in [2.24, 2.45) is 0 Å². The molecule has 2 aromatic rings. The van der Waals surface area contributed by atoms with E-state index in [-0.39, 0.29) is 11.9 Å². The van der Waals surface area contributed by atoms with Crippen LogP contribution in [-0.4, -0.2) is 72.0 Å². The monoisotopic (exact) mass is 395 g/mol. The Morgan fingerprint density at radius 2 is 1.97 bits per heavy atom. The second kappa shape index (κ2) is 8.04. The van der Waals surface area contributed by atoms with Crippen LogP contribution < -0.4 is 15.5 Å². The van der Waals surface area contributed by atoms with Gasteiger partial charge in [0.2, 0.25) is 0 Å². The van der Waals surface area contributed by atoms with Gasteiger partial charge in [0.05, 0.1) is 29.8 Å². The number of amides is 3. The van der Waals surface area contributed by atoms with Gasteiger partial charge in [-0.3, -0.25) is 14.7 Å². The quantitative estimate of drug-likeness (QED) is 0.806. The first-order chi connectivity index (χ1) is 14.0. The first-order valence-corrected chi connectivity index (χ1v) is 9.69. The molecule has 0 aliphatic carbocycles. The van der Waals surface area contributed by atoms with Crippen LogP contribution in [0.3, 0.4) is 0 Å². The third-order valence-electron chi connectivity index (χ3n) is 5.35. The van der Waals surface area contributed by atoms with Crippen LogP contribution in [0, 0.1) is 0 Å². The summed E-state index contributed by atoms with van der Waals surface area (Å²) in [5.74, 6) is -0.178. The van der Waals surface area contributed by atoms with Gasteiger partial charge in [-0.1, -0.05) is 0 Å². The molecule has 4 rings (SSSR count). The van der Waals surface area contributed by atoms with Crippen molar-refractivity contribution < 1.29 is 9.59 Å². The number of carbonyl (C=O) groups is 2. The molecule has 4 heterocycles. The van der Waals surface area contributed by atoms with E-state index in [1.54, 1.807) is 31.3 Å². The van der Waals surface area contributed by atoms with E-state index in [0.717, 1.165) is 55.4 Å². The molecule has 3 amide bonds. The lowest BCUT2D eigenvalue weighted by Crippen LogP contribution is -2.46. The number of piperazine rings is 1. The predicted octanol–water partition coefficient (Wildman–Crippen LogP) is 1.14. The van der Waals surface area contributed by atoms with Crippen LogP contribution in [0.15, 0.2) is 30.6 Å². The highest BCUT2D eigenvalue weighted by Gasteiger charge is 2.22. The molecule has 0 saturated carbocycles. The van der Waals surface area contributed by atoms with Crippen LogP contribution in [0.5, 0.6) is 0 Å². The smallest absolute Gasteiger partial charge is 0.321 e. The number of nitrogens with zero attached hydrogens (tertiary/aromatic N) is 5. The Morgan fingerprint density at radius 1 is 1.17 bits per heavy atom. The van der Waals surface area contributed by atoms with Crippen molar-refractivity contribution in [1.29, 1.82) is 0 Å². The van der Waals surface area contributed by atoms with Crippen molar-refractivity contribution in [3.63, 3.8) is 0 Å². The Balaban J connectivity index is 1.34. The van der Waals surface area contributed by atoms with Crippen LogP contribution in [0.25, 0.3) is 0 Å². The molecule has 0 atom stereocenters. The molecule has 9 heteroatoms. The van der Waals surface area contributed by atoms with Crippen molar-refractivity contribution in [2.45, 2.75) is 13.1 Å². The van der Waals surface area contributed by atoms with Crippen LogP contribution in [-0.2, 0) is 13.1 Å². The maximum absolute atomic E-state index is 11.8. The molecular formula is C20H25N7O2. The maximum atomic E-state index is 11.8. The molecule has 9 nitrogen and oxygen atoms in total. The normalized spacial score (nSPS) is 17.0. The summed E-state index contributed by atoms with van der Waals surface area (Å²) < 4.78 is 0. The van der Waals surface area contributed by atoms with Crippen molar-refractivity contribution in [1.82, 2.24) is 25.1 Å². The van der Waals surface area contributed by atoms with Gasteiger partial charge in [0, 0.05) is 53.0 Å². The van der Waals surface area contributed by atoms with E-state index in [9.17, 15) is 9.59 Å². The summed E-state index contributed by atoms with van der Waals surface area (Å²) >= 11 is 0. The van der Waals surface area contributed by atoms with E-state index in [4.69, 9.17) is 0 Å². The Hall–Kier alpha value is -3.20. The molecule has 0 aromatic carbocycles. The summed E-state index contributed by atoms with van der Waals surface area (Å²) in [4.78, 5) is 38.5. The van der Waals surface area contributed by atoms with Gasteiger partial charge in [-0.05, 0) is 23.8 Å². The lowest BCUT2D eigenvalue weighted by molar-refractivity contribution is 0.0958. The fraction of sp³-hybridized carbons (Fsp3) is 0.400. The summed E-state index contributed by atoms with van der Waals surface area (Å²) in [5.41, 5.74) is 4.26. The standard InChI is InChI=1S/C20H25N7O2/c1-21-19(28)16-4-3-15(11-23-16)27-7-5-26(6-8-27)12-14-9-17-18(22-10-14)13-25(2)20(29)24-17/h3-4,9-11H,5-8,12-13H2,1-2H3,(H,21,28)(H,24,29). The minimum atomic E-state index is -0.178. The third-order valence-corrected chi connectivity index (χ3v) is 5.35. The summed E-state index contributed by atoms with van der Waals surface area (Å²) in [6.45, 7) is 4.95. The van der Waals surface area contributed by atoms with E-state index in [0.29, 0.717) is 12.2 Å². The number of aromatic nitrogens is 2. The lowest BCUT2D eigenvalue weighted by atomic mass is 10.1. The first-order valence-electron chi connectivity index (χ1n) is 9.69. The minimum absolute atomic E-state index is 0.0962. The van der Waals surface area contributed by atoms with Crippen molar-refractivity contribution >= 4 is 23.3 Å². The van der Waals surface area contributed by atoms with Gasteiger partial charge in [0.15, 0.2) is 0 Å². The number of fused-ring (bicyclic) bond motifs is 1. The van der Waals surface area contributed by atoms with Crippen molar-refractivity contribution in [3.05, 3.63) is 47.5 Å². The van der Waals surface area contributed by atoms with Gasteiger partial charge >= 0.3 is 6.03 Å². The SMILES string of the molecule is CNC(=O)c1ccc(N2CCN(Cc3cnc4c(c3)NC(=O)N(C)C4)CC2)cn1. The lowest BCUT2D eigenvalue weighted by Gasteiger charge is -2.36. The highest BCUT2D eigenvalue weighted by Crippen LogP contribution is 2.23. The molecule has 0 unspecified atom stereocenters. The molecule has 0 spiro atoms. The molecule has 2 N–H and O–H groups in total. The number of hydrogen-bond donors (Lipinski definition) is 2. The van der Waals surface area contributed by atoms with Gasteiger partial charge in [-0.25, -0.2) is 9.78 Å². The van der Waals surface area contributed by atoms with Crippen LogP contribution in [0.4, 0.5) is 16.2 Å². The summed E-state index contributed by atoms with van der Waals surface area (Å²) in [6, 6.07) is 5.63. The Labute approximate surface area is 169 Å². The number of anilines is 2. The predicted molar refractivity (Wildman–Crippen MR) is 110 cm³/mol. The Morgan fingerprint density at radius 3 is 2.66 bits per heavy atom. The Bertz CT molecular complexity index is 908. The summed E-state index contributed by atoms with van der Waals surface area (Å²) in [6.07, 6.45) is 3.66. The van der Waals surface area contributed by atoms with E-state index < -0.39 is 0 Å². The Kier molecular flexibility index (Phi) is 5.30. The van der Waals surface area contributed by atoms with E-state index >= 15 is 0 Å². The molecule has 0 radical (unpaired) electrons. The second-order valence-electron chi connectivity index (χ2n) is 7.37. The van der Waals surface area contributed by atoms with E-state index in [1.807, 2.05) is 18.3 Å². The topological polar surface area (TPSA) is 93.7 Å². The zero-order valence-electron chi connectivity index (χ0n) is 16.7. The number of nitrogens with one attached hydrogen (secondary N) is 2. The molecule has 2 aliphatic rings. The van der Waals surface area contributed by atoms with Crippen molar-refractivity contribution in [3.8, 4) is 0 Å². The van der Waals surface area contributed by atoms with E-state index in [2.05, 4.69) is 30.4 Å². The summed E-state index contributed by atoms with van der Waals surface area (Å²) in [5, 5.41) is 5.48. The van der Waals surface area contributed by atoms with Gasteiger partial charge < -0.3 is 20.4 Å². The highest BCUT2D eigenvalue weighted by molar-refractivity contribution is 5.92. The number of urea groups is 1. The molecule has 2 aromatic heterocycles. The largest absolute Gasteiger partial charge is 0.368 e. The fourth-order valence-corrected chi connectivity index (χ4v) is 3.62. The number of rotatable bonds is 4. The maximum Gasteiger partial charge on any atom is 0.321 e. The average Bonchev–Trinajstić information content (AvgIpc) is 2.75.